The van der Waals surface area contributed by atoms with Gasteiger partial charge >= 0.3 is 6.03 Å². The number of benzene rings is 2. The topological polar surface area (TPSA) is 91.9 Å². The SMILES string of the molecule is C=C(F)/C(Cl)=C(\C)Nc1ccc(N=Nc2ccc(S)cc2S)c(NC(N)=O)c1. The van der Waals surface area contributed by atoms with Gasteiger partial charge in [0.25, 0.3) is 0 Å². The lowest BCUT2D eigenvalue weighted by molar-refractivity contribution is 0.259. The van der Waals surface area contributed by atoms with Crippen molar-refractivity contribution in [2.45, 2.75) is 16.7 Å². The maximum absolute atomic E-state index is 13.1. The number of anilines is 2. The van der Waals surface area contributed by atoms with Crippen LogP contribution in [0.2, 0.25) is 0 Å². The minimum Gasteiger partial charge on any atom is -0.358 e. The van der Waals surface area contributed by atoms with Crippen molar-refractivity contribution >= 4 is 65.6 Å². The fraction of sp³-hybridized carbons (Fsp3) is 0.0556. The van der Waals surface area contributed by atoms with E-state index in [1.165, 1.54) is 0 Å². The van der Waals surface area contributed by atoms with Crippen molar-refractivity contribution in [3.8, 4) is 0 Å². The number of allylic oxidation sites excluding steroid dienone is 3. The molecule has 0 aromatic heterocycles. The monoisotopic (exact) mass is 437 g/mol. The van der Waals surface area contributed by atoms with Crippen molar-refractivity contribution in [2.24, 2.45) is 16.0 Å². The minimum absolute atomic E-state index is 0.137. The summed E-state index contributed by atoms with van der Waals surface area (Å²) in [6.07, 6.45) is 0. The first-order valence-electron chi connectivity index (χ1n) is 7.79. The number of hydrogen-bond donors (Lipinski definition) is 5. The van der Waals surface area contributed by atoms with Crippen molar-refractivity contribution in [3.63, 3.8) is 0 Å². The van der Waals surface area contributed by atoms with Gasteiger partial charge in [-0.3, -0.25) is 0 Å². The molecule has 0 saturated carbocycles. The van der Waals surface area contributed by atoms with Crippen LogP contribution in [0.25, 0.3) is 0 Å². The Hall–Kier alpha value is -2.49. The van der Waals surface area contributed by atoms with Crippen LogP contribution in [-0.4, -0.2) is 6.03 Å². The van der Waals surface area contributed by atoms with Crippen LogP contribution >= 0.6 is 36.9 Å². The lowest BCUT2D eigenvalue weighted by atomic mass is 10.2. The summed E-state index contributed by atoms with van der Waals surface area (Å²) in [4.78, 5) is 12.7. The van der Waals surface area contributed by atoms with Crippen LogP contribution in [0, 0.1) is 0 Å². The number of nitrogens with zero attached hydrogens (tertiary/aromatic N) is 2. The summed E-state index contributed by atoms with van der Waals surface area (Å²) < 4.78 is 13.1. The molecule has 10 heteroatoms. The molecule has 0 fully saturated rings. The second-order valence-electron chi connectivity index (χ2n) is 5.56. The third kappa shape index (κ3) is 6.01. The van der Waals surface area contributed by atoms with Crippen LogP contribution in [0.4, 0.5) is 31.9 Å². The zero-order chi connectivity index (χ0) is 20.8. The predicted octanol–water partition coefficient (Wildman–Crippen LogP) is 6.54. The number of azo groups is 1. The Labute approximate surface area is 177 Å². The van der Waals surface area contributed by atoms with Gasteiger partial charge < -0.3 is 16.4 Å². The zero-order valence-corrected chi connectivity index (χ0v) is 17.2. The van der Waals surface area contributed by atoms with E-state index < -0.39 is 11.9 Å². The molecule has 0 atom stereocenters. The Morgan fingerprint density at radius 3 is 2.39 bits per heavy atom. The van der Waals surface area contributed by atoms with Gasteiger partial charge in [-0.2, -0.15) is 0 Å². The number of hydrogen-bond acceptors (Lipinski definition) is 6. The van der Waals surface area contributed by atoms with E-state index in [1.54, 1.807) is 43.3 Å². The maximum atomic E-state index is 13.1. The smallest absolute Gasteiger partial charge is 0.316 e. The Bertz CT molecular complexity index is 994. The molecule has 28 heavy (non-hydrogen) atoms. The van der Waals surface area contributed by atoms with Gasteiger partial charge in [0.2, 0.25) is 0 Å². The summed E-state index contributed by atoms with van der Waals surface area (Å²) in [5.74, 6) is -0.762. The van der Waals surface area contributed by atoms with Gasteiger partial charge in [0, 0.05) is 21.2 Å². The van der Waals surface area contributed by atoms with Gasteiger partial charge in [-0.15, -0.1) is 35.5 Å². The number of thiol groups is 2. The highest BCUT2D eigenvalue weighted by Crippen LogP contribution is 2.33. The number of nitrogens with one attached hydrogen (secondary N) is 2. The van der Waals surface area contributed by atoms with E-state index in [0.29, 0.717) is 33.3 Å². The van der Waals surface area contributed by atoms with E-state index in [2.05, 4.69) is 52.7 Å². The van der Waals surface area contributed by atoms with Gasteiger partial charge in [0.1, 0.15) is 11.5 Å². The normalized spacial score (nSPS) is 11.9. The van der Waals surface area contributed by atoms with Crippen LogP contribution in [-0.2, 0) is 0 Å². The molecule has 2 aromatic rings. The highest BCUT2D eigenvalue weighted by Gasteiger charge is 2.09. The highest BCUT2D eigenvalue weighted by molar-refractivity contribution is 7.81. The van der Waals surface area contributed by atoms with Gasteiger partial charge in [-0.25, -0.2) is 9.18 Å². The lowest BCUT2D eigenvalue weighted by Crippen LogP contribution is -2.19. The van der Waals surface area contributed by atoms with Gasteiger partial charge in [-0.1, -0.05) is 18.2 Å². The molecule has 0 radical (unpaired) electrons. The van der Waals surface area contributed by atoms with Crippen LogP contribution < -0.4 is 16.4 Å². The van der Waals surface area contributed by atoms with Crippen molar-refractivity contribution in [1.82, 2.24) is 0 Å². The summed E-state index contributed by atoms with van der Waals surface area (Å²) in [5, 5.41) is 13.5. The second kappa shape index (κ2) is 9.63. The molecule has 2 rings (SSSR count). The van der Waals surface area contributed by atoms with E-state index in [-0.39, 0.29) is 5.03 Å². The number of nitrogens with two attached hydrogens (primary N) is 1. The van der Waals surface area contributed by atoms with Crippen LogP contribution in [0.15, 0.2) is 79.6 Å². The lowest BCUT2D eigenvalue weighted by Gasteiger charge is -2.12. The molecule has 0 aliphatic carbocycles. The maximum Gasteiger partial charge on any atom is 0.316 e. The van der Waals surface area contributed by atoms with Crippen molar-refractivity contribution < 1.29 is 9.18 Å². The van der Waals surface area contributed by atoms with E-state index in [9.17, 15) is 9.18 Å². The number of urea groups is 1. The van der Waals surface area contributed by atoms with Crippen LogP contribution in [0.5, 0.6) is 0 Å². The fourth-order valence-electron chi connectivity index (χ4n) is 2.11. The average molecular weight is 438 g/mol. The molecule has 0 heterocycles. The molecule has 0 saturated heterocycles. The first-order chi connectivity index (χ1) is 13.2. The summed E-state index contributed by atoms with van der Waals surface area (Å²) >= 11 is 14.4. The third-order valence-electron chi connectivity index (χ3n) is 3.38. The molecule has 2 aromatic carbocycles. The first kappa shape index (κ1) is 21.8. The molecule has 6 nitrogen and oxygen atoms in total. The Balaban J connectivity index is 2.36. The van der Waals surface area contributed by atoms with Gasteiger partial charge in [0.15, 0.2) is 0 Å². The Kier molecular flexibility index (Phi) is 7.50. The second-order valence-corrected chi connectivity index (χ2v) is 6.94. The standard InChI is InChI=1S/C18H17ClFN5OS2/c1-9(20)17(19)10(2)22-11-3-5-13(15(7-11)23-18(21)26)24-25-14-6-4-12(27)8-16(14)28/h3-8,22,27-28H,1H2,2H3,(H3,21,23,26)/b17-10-,25-24?. The number of halogens is 2. The molecular formula is C18H17ClFN5OS2. The molecule has 0 unspecified atom stereocenters. The largest absolute Gasteiger partial charge is 0.358 e. The summed E-state index contributed by atoms with van der Waals surface area (Å²) in [5.41, 5.74) is 7.28. The van der Waals surface area contributed by atoms with E-state index >= 15 is 0 Å². The van der Waals surface area contributed by atoms with Gasteiger partial charge in [-0.05, 0) is 43.3 Å². The molecule has 0 spiro atoms. The molecule has 2 amide bonds. The number of amides is 2. The third-order valence-corrected chi connectivity index (χ3v) is 4.50. The molecular weight excluding hydrogens is 421 g/mol. The van der Waals surface area contributed by atoms with Crippen molar-refractivity contribution in [3.05, 3.63) is 59.5 Å². The predicted molar refractivity (Wildman–Crippen MR) is 117 cm³/mol. The number of primary amides is 1. The van der Waals surface area contributed by atoms with Crippen LogP contribution in [0.3, 0.4) is 0 Å². The summed E-state index contributed by atoms with van der Waals surface area (Å²) in [6, 6.07) is 9.25. The van der Waals surface area contributed by atoms with E-state index in [0.717, 1.165) is 4.90 Å². The summed E-state index contributed by atoms with van der Waals surface area (Å²) in [7, 11) is 0. The van der Waals surface area contributed by atoms with E-state index in [1.807, 2.05) is 0 Å². The average Bonchev–Trinajstić information content (AvgIpc) is 2.61. The Morgan fingerprint density at radius 1 is 1.14 bits per heavy atom. The molecule has 0 bridgehead atoms. The van der Waals surface area contributed by atoms with E-state index in [4.69, 9.17) is 17.3 Å². The Morgan fingerprint density at radius 2 is 1.79 bits per heavy atom. The van der Waals surface area contributed by atoms with Crippen molar-refractivity contribution in [2.75, 3.05) is 10.6 Å². The number of rotatable bonds is 6. The number of carbonyl (C=O) groups excluding carboxylic acids is 1. The number of carbonyl (C=O) groups is 1. The molecule has 0 aliphatic rings. The molecule has 0 aliphatic heterocycles. The van der Waals surface area contributed by atoms with Crippen molar-refractivity contribution in [1.29, 1.82) is 0 Å². The zero-order valence-electron chi connectivity index (χ0n) is 14.7. The minimum atomic E-state index is -0.773. The molecule has 4 N–H and O–H groups in total. The van der Waals surface area contributed by atoms with Crippen LogP contribution in [0.1, 0.15) is 6.92 Å². The fourth-order valence-corrected chi connectivity index (χ4v) is 2.72. The quantitative estimate of drug-likeness (QED) is 0.202. The first-order valence-corrected chi connectivity index (χ1v) is 9.07. The molecule has 146 valence electrons. The van der Waals surface area contributed by atoms with Gasteiger partial charge in [0.05, 0.1) is 16.4 Å². The highest BCUT2D eigenvalue weighted by atomic mass is 35.5. The summed E-state index contributed by atoms with van der Waals surface area (Å²) in [6.45, 7) is 4.73.